The molecule has 206 valence electrons. The van der Waals surface area contributed by atoms with Gasteiger partial charge in [-0.1, -0.05) is 24.3 Å². The number of nitrogens with one attached hydrogen (secondary N) is 1. The maximum atomic E-state index is 15.7. The number of carbonyl (C=O) groups excluding carboxylic acids is 1. The molecule has 0 bridgehead atoms. The molecule has 4 rings (SSSR count). The first-order valence-electron chi connectivity index (χ1n) is 12.5. The Morgan fingerprint density at radius 3 is 2.77 bits per heavy atom. The van der Waals surface area contributed by atoms with Crippen LogP contribution in [0.15, 0.2) is 71.1 Å². The summed E-state index contributed by atoms with van der Waals surface area (Å²) in [5.74, 6) is -1.98. The van der Waals surface area contributed by atoms with E-state index in [2.05, 4.69) is 27.8 Å². The van der Waals surface area contributed by atoms with Crippen LogP contribution in [0.25, 0.3) is 11.3 Å². The fourth-order valence-corrected chi connectivity index (χ4v) is 5.21. The van der Waals surface area contributed by atoms with Gasteiger partial charge in [0, 0.05) is 37.1 Å². The number of aromatic hydroxyl groups is 1. The van der Waals surface area contributed by atoms with Crippen LogP contribution in [0.3, 0.4) is 0 Å². The van der Waals surface area contributed by atoms with Gasteiger partial charge in [-0.05, 0) is 36.6 Å². The van der Waals surface area contributed by atoms with Gasteiger partial charge in [-0.25, -0.2) is 18.8 Å². The van der Waals surface area contributed by atoms with Gasteiger partial charge in [-0.2, -0.15) is 5.26 Å². The first kappa shape index (κ1) is 28.7. The van der Waals surface area contributed by atoms with E-state index < -0.39 is 28.6 Å². The van der Waals surface area contributed by atoms with Crippen molar-refractivity contribution in [2.75, 3.05) is 37.8 Å². The van der Waals surface area contributed by atoms with Crippen molar-refractivity contribution in [3.05, 3.63) is 78.4 Å². The van der Waals surface area contributed by atoms with Crippen LogP contribution in [0.1, 0.15) is 12.0 Å². The van der Waals surface area contributed by atoms with Crippen molar-refractivity contribution in [2.24, 2.45) is 4.99 Å². The molecule has 3 aromatic rings. The summed E-state index contributed by atoms with van der Waals surface area (Å²) in [6.07, 6.45) is 4.35. The number of piperazine rings is 1. The van der Waals surface area contributed by atoms with Gasteiger partial charge in [0.05, 0.1) is 29.3 Å². The number of nitriles is 1. The normalized spacial score (nSPS) is 15.9. The van der Waals surface area contributed by atoms with E-state index in [1.807, 2.05) is 35.4 Å². The third-order valence-electron chi connectivity index (χ3n) is 6.55. The predicted molar refractivity (Wildman–Crippen MR) is 153 cm³/mol. The molecule has 1 atom stereocenters. The van der Waals surface area contributed by atoms with Crippen molar-refractivity contribution < 1.29 is 18.7 Å². The molecule has 1 unspecified atom stereocenters. The molecule has 1 aliphatic heterocycles. The van der Waals surface area contributed by atoms with Crippen LogP contribution in [0.2, 0.25) is 0 Å². The molecule has 1 aliphatic rings. The van der Waals surface area contributed by atoms with Crippen molar-refractivity contribution >= 4 is 35.5 Å². The van der Waals surface area contributed by atoms with Crippen LogP contribution in [0.5, 0.6) is 5.75 Å². The number of halogens is 2. The van der Waals surface area contributed by atoms with Crippen molar-refractivity contribution in [1.82, 2.24) is 14.8 Å². The molecule has 1 saturated heterocycles. The highest BCUT2D eigenvalue weighted by Crippen LogP contribution is 2.35. The van der Waals surface area contributed by atoms with Crippen LogP contribution in [0, 0.1) is 23.0 Å². The number of hydrogen-bond acceptors (Lipinski definition) is 7. The van der Waals surface area contributed by atoms with E-state index in [9.17, 15) is 19.6 Å². The number of aromatic nitrogens is 1. The van der Waals surface area contributed by atoms with Gasteiger partial charge >= 0.3 is 0 Å². The molecule has 1 amide bonds. The lowest BCUT2D eigenvalue weighted by Crippen LogP contribution is -2.54. The van der Waals surface area contributed by atoms with Crippen LogP contribution in [-0.2, 0) is 4.79 Å². The molecule has 0 saturated carbocycles. The molecule has 11 heteroatoms. The molecule has 1 aromatic heterocycles. The number of thioether (sulfide) groups is 1. The van der Waals surface area contributed by atoms with E-state index in [1.54, 1.807) is 6.08 Å². The maximum absolute atomic E-state index is 15.7. The lowest BCUT2D eigenvalue weighted by atomic mass is 10.0. The van der Waals surface area contributed by atoms with E-state index in [-0.39, 0.29) is 23.8 Å². The van der Waals surface area contributed by atoms with Crippen LogP contribution in [-0.4, -0.2) is 70.6 Å². The summed E-state index contributed by atoms with van der Waals surface area (Å²) >= 11 is 1.50. The first-order chi connectivity index (χ1) is 19.4. The molecule has 0 radical (unpaired) electrons. The zero-order chi connectivity index (χ0) is 28.6. The monoisotopic (exact) mass is 562 g/mol. The minimum Gasteiger partial charge on any atom is -0.507 e. The zero-order valence-electron chi connectivity index (χ0n) is 21.8. The van der Waals surface area contributed by atoms with Crippen molar-refractivity contribution in [3.8, 4) is 23.1 Å². The van der Waals surface area contributed by atoms with Crippen molar-refractivity contribution in [3.63, 3.8) is 0 Å². The highest BCUT2D eigenvalue weighted by molar-refractivity contribution is 7.98. The van der Waals surface area contributed by atoms with Crippen molar-refractivity contribution in [1.29, 1.82) is 5.26 Å². The lowest BCUT2D eigenvalue weighted by Gasteiger charge is -2.41. The van der Waals surface area contributed by atoms with E-state index in [4.69, 9.17) is 4.99 Å². The second-order valence-corrected chi connectivity index (χ2v) is 9.81. The Balaban J connectivity index is 1.91. The number of para-hydroxylation sites is 1. The Labute approximate surface area is 235 Å². The SMILES string of the molecule is C=CCN1CCN(C(=Nc2ccccc2SC)c2cc(F)c(-c3c(O)cccc3F)nc2NC=O)CC1CC#N. The second kappa shape index (κ2) is 13.2. The summed E-state index contributed by atoms with van der Waals surface area (Å²) in [6, 6.07) is 14.3. The molecule has 2 N–H and O–H groups in total. The molecule has 2 heterocycles. The number of pyridine rings is 1. The number of nitrogens with zero attached hydrogens (tertiary/aromatic N) is 5. The number of rotatable bonds is 9. The average molecular weight is 563 g/mol. The number of anilines is 1. The second-order valence-electron chi connectivity index (χ2n) is 8.96. The third-order valence-corrected chi connectivity index (χ3v) is 7.33. The van der Waals surface area contributed by atoms with Gasteiger partial charge in [0.25, 0.3) is 0 Å². The molecule has 40 heavy (non-hydrogen) atoms. The van der Waals surface area contributed by atoms with E-state index in [1.165, 1.54) is 23.9 Å². The third kappa shape index (κ3) is 6.14. The van der Waals surface area contributed by atoms with Gasteiger partial charge in [-0.15, -0.1) is 18.3 Å². The number of amides is 1. The van der Waals surface area contributed by atoms with Gasteiger partial charge < -0.3 is 15.3 Å². The molecular formula is C29H28F2N6O2S. The molecular weight excluding hydrogens is 534 g/mol. The Bertz CT molecular complexity index is 1460. The summed E-state index contributed by atoms with van der Waals surface area (Å²) in [6.45, 7) is 5.91. The lowest BCUT2D eigenvalue weighted by molar-refractivity contribution is -0.105. The van der Waals surface area contributed by atoms with Crippen LogP contribution >= 0.6 is 11.8 Å². The highest BCUT2D eigenvalue weighted by atomic mass is 32.2. The first-order valence-corrected chi connectivity index (χ1v) is 13.7. The minimum absolute atomic E-state index is 0.0557. The quantitative estimate of drug-likeness (QED) is 0.122. The molecule has 0 aliphatic carbocycles. The molecule has 2 aromatic carbocycles. The number of phenolic OH excluding ortho intramolecular Hbond substituents is 1. The number of amidine groups is 1. The predicted octanol–water partition coefficient (Wildman–Crippen LogP) is 5.19. The van der Waals surface area contributed by atoms with Gasteiger partial charge in [-0.3, -0.25) is 9.69 Å². The largest absolute Gasteiger partial charge is 0.507 e. The Hall–Kier alpha value is -4.27. The van der Waals surface area contributed by atoms with Gasteiger partial charge in [0.2, 0.25) is 6.41 Å². The Morgan fingerprint density at radius 1 is 1.27 bits per heavy atom. The highest BCUT2D eigenvalue weighted by Gasteiger charge is 2.31. The fraction of sp³-hybridized carbons (Fsp3) is 0.241. The van der Waals surface area contributed by atoms with Crippen LogP contribution in [0.4, 0.5) is 20.3 Å². The summed E-state index contributed by atoms with van der Waals surface area (Å²) in [7, 11) is 0. The summed E-state index contributed by atoms with van der Waals surface area (Å²) in [5, 5.41) is 22.2. The molecule has 1 fully saturated rings. The van der Waals surface area contributed by atoms with Crippen LogP contribution < -0.4 is 5.32 Å². The summed E-state index contributed by atoms with van der Waals surface area (Å²) < 4.78 is 30.3. The smallest absolute Gasteiger partial charge is 0.212 e. The number of carbonyl (C=O) groups is 1. The average Bonchev–Trinajstić information content (AvgIpc) is 2.95. The van der Waals surface area contributed by atoms with Crippen molar-refractivity contribution in [2.45, 2.75) is 17.4 Å². The number of phenols is 1. The molecule has 0 spiro atoms. The number of benzene rings is 2. The maximum Gasteiger partial charge on any atom is 0.212 e. The minimum atomic E-state index is -0.906. The zero-order valence-corrected chi connectivity index (χ0v) is 22.7. The fourth-order valence-electron chi connectivity index (χ4n) is 4.68. The molecule has 8 nitrogen and oxygen atoms in total. The van der Waals surface area contributed by atoms with E-state index in [0.29, 0.717) is 44.1 Å². The van der Waals surface area contributed by atoms with Gasteiger partial charge in [0.15, 0.2) is 5.82 Å². The van der Waals surface area contributed by atoms with E-state index >= 15 is 4.39 Å². The topological polar surface area (TPSA) is 105 Å². The van der Waals surface area contributed by atoms with E-state index in [0.717, 1.165) is 17.0 Å². The standard InChI is InChI=1S/C29H28F2N6O2S/c1-3-13-36-14-15-37(17-19(36)11-12-32)29(34-23-8-4-5-10-25(23)40-2)20-16-22(31)27(35-28(20)33-18-38)26-21(30)7-6-9-24(26)39/h3-10,16,18-19,39H,1,11,13-15,17H2,2H3,(H,33,35,38). The Kier molecular flexibility index (Phi) is 9.47. The number of aliphatic imine (C=N–C) groups is 1. The van der Waals surface area contributed by atoms with Gasteiger partial charge in [0.1, 0.15) is 28.9 Å². The Morgan fingerprint density at radius 2 is 2.08 bits per heavy atom. The number of hydrogen-bond donors (Lipinski definition) is 2. The summed E-state index contributed by atoms with van der Waals surface area (Å²) in [4.78, 5) is 25.8. The summed E-state index contributed by atoms with van der Waals surface area (Å²) in [5.41, 5.74) is -0.0684.